The van der Waals surface area contributed by atoms with Gasteiger partial charge in [0, 0.05) is 19.9 Å². The van der Waals surface area contributed by atoms with E-state index >= 15 is 0 Å². The number of halogens is 1. The van der Waals surface area contributed by atoms with Gasteiger partial charge in [-0.1, -0.05) is 11.2 Å². The van der Waals surface area contributed by atoms with Crippen molar-refractivity contribution in [2.24, 2.45) is 0 Å². The molecule has 0 atom stereocenters. The first-order valence-corrected chi connectivity index (χ1v) is 6.99. The summed E-state index contributed by atoms with van der Waals surface area (Å²) in [7, 11) is 0. The van der Waals surface area contributed by atoms with Gasteiger partial charge in [0.05, 0.1) is 17.0 Å². The van der Waals surface area contributed by atoms with E-state index in [1.54, 1.807) is 13.0 Å². The molecule has 106 valence electrons. The zero-order chi connectivity index (χ0) is 14.8. The van der Waals surface area contributed by atoms with Gasteiger partial charge in [-0.25, -0.2) is 4.98 Å². The average Bonchev–Trinajstić information content (AvgIpc) is 3.07. The molecule has 0 aliphatic rings. The molecule has 0 aliphatic heterocycles. The van der Waals surface area contributed by atoms with Crippen molar-refractivity contribution in [3.63, 3.8) is 0 Å². The SMILES string of the molecule is Cc1nc(CCn2c(CCl)nc3c(C#N)cccc32)no1. The number of hydrogen-bond acceptors (Lipinski definition) is 5. The summed E-state index contributed by atoms with van der Waals surface area (Å²) >= 11 is 5.97. The van der Waals surface area contributed by atoms with Crippen LogP contribution in [0.2, 0.25) is 0 Å². The molecule has 2 heterocycles. The highest BCUT2D eigenvalue weighted by Crippen LogP contribution is 2.21. The number of aryl methyl sites for hydroxylation is 3. The Morgan fingerprint density at radius 3 is 2.90 bits per heavy atom. The van der Waals surface area contributed by atoms with Crippen LogP contribution in [0.1, 0.15) is 23.1 Å². The highest BCUT2D eigenvalue weighted by Gasteiger charge is 2.13. The van der Waals surface area contributed by atoms with Crippen molar-refractivity contribution in [1.29, 1.82) is 5.26 Å². The Kier molecular flexibility index (Phi) is 3.59. The van der Waals surface area contributed by atoms with Crippen LogP contribution < -0.4 is 0 Å². The molecule has 0 saturated heterocycles. The second kappa shape index (κ2) is 5.54. The van der Waals surface area contributed by atoms with Crippen molar-refractivity contribution in [3.8, 4) is 6.07 Å². The molecule has 21 heavy (non-hydrogen) atoms. The zero-order valence-electron chi connectivity index (χ0n) is 11.4. The highest BCUT2D eigenvalue weighted by atomic mass is 35.5. The predicted molar refractivity (Wildman–Crippen MR) is 76.7 cm³/mol. The molecule has 0 N–H and O–H groups in total. The van der Waals surface area contributed by atoms with Crippen LogP contribution in [-0.4, -0.2) is 19.7 Å². The molecular formula is C14H12ClN5O. The molecule has 0 aliphatic carbocycles. The fraction of sp³-hybridized carbons (Fsp3) is 0.286. The van der Waals surface area contributed by atoms with Crippen molar-refractivity contribution in [3.05, 3.63) is 41.3 Å². The Morgan fingerprint density at radius 1 is 1.38 bits per heavy atom. The van der Waals surface area contributed by atoms with Crippen LogP contribution in [0.15, 0.2) is 22.7 Å². The van der Waals surface area contributed by atoms with Crippen molar-refractivity contribution in [2.45, 2.75) is 25.8 Å². The summed E-state index contributed by atoms with van der Waals surface area (Å²) in [5.41, 5.74) is 2.12. The van der Waals surface area contributed by atoms with E-state index in [2.05, 4.69) is 21.2 Å². The fourth-order valence-electron chi connectivity index (χ4n) is 2.29. The summed E-state index contributed by atoms with van der Waals surface area (Å²) in [4.78, 5) is 8.65. The van der Waals surface area contributed by atoms with Gasteiger partial charge in [0.15, 0.2) is 5.82 Å². The van der Waals surface area contributed by atoms with E-state index in [1.807, 2.05) is 16.7 Å². The molecule has 0 fully saturated rings. The van der Waals surface area contributed by atoms with E-state index in [0.29, 0.717) is 35.8 Å². The molecule has 2 aromatic heterocycles. The van der Waals surface area contributed by atoms with E-state index < -0.39 is 0 Å². The zero-order valence-corrected chi connectivity index (χ0v) is 12.1. The molecule has 7 heteroatoms. The van der Waals surface area contributed by atoms with Gasteiger partial charge in [-0.3, -0.25) is 0 Å². The van der Waals surface area contributed by atoms with Crippen LogP contribution >= 0.6 is 11.6 Å². The van der Waals surface area contributed by atoms with Crippen molar-refractivity contribution in [2.75, 3.05) is 0 Å². The maximum atomic E-state index is 9.15. The second-order valence-corrected chi connectivity index (χ2v) is 4.85. The smallest absolute Gasteiger partial charge is 0.223 e. The summed E-state index contributed by atoms with van der Waals surface area (Å²) in [6.07, 6.45) is 0.615. The van der Waals surface area contributed by atoms with E-state index in [9.17, 15) is 0 Å². The van der Waals surface area contributed by atoms with E-state index in [0.717, 1.165) is 11.3 Å². The minimum absolute atomic E-state index is 0.283. The van der Waals surface area contributed by atoms with Crippen molar-refractivity contribution >= 4 is 22.6 Å². The van der Waals surface area contributed by atoms with E-state index in [-0.39, 0.29) is 5.88 Å². The largest absolute Gasteiger partial charge is 0.340 e. The average molecular weight is 302 g/mol. The first-order chi connectivity index (χ1) is 10.2. The Hall–Kier alpha value is -2.39. The Labute approximate surface area is 126 Å². The molecule has 3 aromatic rings. The lowest BCUT2D eigenvalue weighted by Crippen LogP contribution is -2.06. The van der Waals surface area contributed by atoms with Crippen LogP contribution in [0.3, 0.4) is 0 Å². The van der Waals surface area contributed by atoms with Gasteiger partial charge < -0.3 is 9.09 Å². The second-order valence-electron chi connectivity index (χ2n) is 4.58. The highest BCUT2D eigenvalue weighted by molar-refractivity contribution is 6.16. The monoisotopic (exact) mass is 301 g/mol. The molecule has 0 spiro atoms. The number of aromatic nitrogens is 4. The summed E-state index contributed by atoms with van der Waals surface area (Å²) < 4.78 is 6.95. The number of fused-ring (bicyclic) bond motifs is 1. The van der Waals surface area contributed by atoms with Gasteiger partial charge in [0.1, 0.15) is 17.4 Å². The molecule has 0 unspecified atom stereocenters. The van der Waals surface area contributed by atoms with Crippen molar-refractivity contribution in [1.82, 2.24) is 19.7 Å². The van der Waals surface area contributed by atoms with Gasteiger partial charge in [-0.15, -0.1) is 11.6 Å². The number of nitriles is 1. The Balaban J connectivity index is 1.99. The molecule has 0 amide bonds. The Bertz CT molecular complexity index is 830. The summed E-state index contributed by atoms with van der Waals surface area (Å²) in [6.45, 7) is 2.39. The minimum Gasteiger partial charge on any atom is -0.340 e. The van der Waals surface area contributed by atoms with E-state index in [1.165, 1.54) is 0 Å². The number of alkyl halides is 1. The van der Waals surface area contributed by atoms with Gasteiger partial charge in [-0.05, 0) is 12.1 Å². The predicted octanol–water partition coefficient (Wildman–Crippen LogP) is 2.58. The van der Waals surface area contributed by atoms with Crippen LogP contribution in [0.4, 0.5) is 0 Å². The molecule has 3 rings (SSSR count). The van der Waals surface area contributed by atoms with Crippen LogP contribution in [0.5, 0.6) is 0 Å². The maximum absolute atomic E-state index is 9.15. The van der Waals surface area contributed by atoms with Crippen LogP contribution in [0.25, 0.3) is 11.0 Å². The molecule has 0 radical (unpaired) electrons. The number of para-hydroxylation sites is 1. The summed E-state index contributed by atoms with van der Waals surface area (Å²) in [5.74, 6) is 2.20. The Morgan fingerprint density at radius 2 is 2.24 bits per heavy atom. The van der Waals surface area contributed by atoms with Gasteiger partial charge >= 0.3 is 0 Å². The number of rotatable bonds is 4. The number of hydrogen-bond donors (Lipinski definition) is 0. The normalized spacial score (nSPS) is 10.9. The lowest BCUT2D eigenvalue weighted by Gasteiger charge is -2.05. The lowest BCUT2D eigenvalue weighted by molar-refractivity contribution is 0.386. The molecule has 1 aromatic carbocycles. The van der Waals surface area contributed by atoms with Crippen molar-refractivity contribution < 1.29 is 4.52 Å². The third-order valence-corrected chi connectivity index (χ3v) is 3.47. The summed E-state index contributed by atoms with van der Waals surface area (Å²) in [6, 6.07) is 7.68. The number of imidazole rings is 1. The van der Waals surface area contributed by atoms with Crippen LogP contribution in [0, 0.1) is 18.3 Å². The van der Waals surface area contributed by atoms with Gasteiger partial charge in [-0.2, -0.15) is 10.2 Å². The van der Waals surface area contributed by atoms with E-state index in [4.69, 9.17) is 21.4 Å². The molecular weight excluding hydrogens is 290 g/mol. The molecule has 0 bridgehead atoms. The number of nitrogens with zero attached hydrogens (tertiary/aromatic N) is 5. The first kappa shape index (κ1) is 13.6. The quantitative estimate of drug-likeness (QED) is 0.692. The molecule has 0 saturated carbocycles. The first-order valence-electron chi connectivity index (χ1n) is 6.46. The van der Waals surface area contributed by atoms with Gasteiger partial charge in [0.2, 0.25) is 5.89 Å². The minimum atomic E-state index is 0.283. The molecule has 6 nitrogen and oxygen atoms in total. The summed E-state index contributed by atoms with van der Waals surface area (Å²) in [5, 5.41) is 13.0. The van der Waals surface area contributed by atoms with Gasteiger partial charge in [0.25, 0.3) is 0 Å². The maximum Gasteiger partial charge on any atom is 0.223 e. The van der Waals surface area contributed by atoms with Crippen LogP contribution in [-0.2, 0) is 18.8 Å². The fourth-order valence-corrected chi connectivity index (χ4v) is 2.50. The third kappa shape index (κ3) is 2.48. The lowest BCUT2D eigenvalue weighted by atomic mass is 10.2. The standard InChI is InChI=1S/C14H12ClN5O/c1-9-17-12(19-21-9)5-6-20-11-4-2-3-10(8-16)14(11)18-13(20)7-15/h2-4H,5-7H2,1H3. The third-order valence-electron chi connectivity index (χ3n) is 3.23. The number of benzene rings is 1. The topological polar surface area (TPSA) is 80.5 Å².